The van der Waals surface area contributed by atoms with Crippen LogP contribution in [0.5, 0.6) is 5.75 Å². The summed E-state index contributed by atoms with van der Waals surface area (Å²) in [5.74, 6) is 0.142. The summed E-state index contributed by atoms with van der Waals surface area (Å²) in [6.07, 6.45) is 0.00129. The van der Waals surface area contributed by atoms with Gasteiger partial charge in [-0.3, -0.25) is 14.2 Å². The summed E-state index contributed by atoms with van der Waals surface area (Å²) in [6, 6.07) is 13.5. The lowest BCUT2D eigenvalue weighted by Crippen LogP contribution is -2.57. The number of methoxy groups -OCH3 is 1. The molecule has 2 amide bonds. The van der Waals surface area contributed by atoms with Crippen molar-refractivity contribution in [2.45, 2.75) is 49.4 Å². The fourth-order valence-corrected chi connectivity index (χ4v) is 5.37. The van der Waals surface area contributed by atoms with E-state index in [2.05, 4.69) is 25.6 Å². The highest BCUT2D eigenvalue weighted by atomic mass is 35.5. The number of imidazole rings is 1. The van der Waals surface area contributed by atoms with E-state index in [1.165, 1.54) is 12.7 Å². The van der Waals surface area contributed by atoms with Crippen molar-refractivity contribution in [3.8, 4) is 5.75 Å². The van der Waals surface area contributed by atoms with Crippen molar-refractivity contribution >= 4 is 41.2 Å². The van der Waals surface area contributed by atoms with Crippen LogP contribution in [0, 0.1) is 0 Å². The van der Waals surface area contributed by atoms with E-state index in [1.54, 1.807) is 40.8 Å². The van der Waals surface area contributed by atoms with Crippen LogP contribution in [0.15, 0.2) is 67.3 Å². The Hall–Kier alpha value is -4.34. The average molecular weight is 655 g/mol. The van der Waals surface area contributed by atoms with Crippen molar-refractivity contribution in [3.05, 3.63) is 78.4 Å². The molecule has 2 aromatic carbocycles. The average Bonchev–Trinajstić information content (AvgIpc) is 3.61. The number of benzene rings is 2. The fourth-order valence-electron chi connectivity index (χ4n) is 5.37. The number of nitrogens with two attached hydrogens (primary N) is 1. The molecule has 0 unspecified atom stereocenters. The Bertz CT molecular complexity index is 1610. The highest BCUT2D eigenvalue weighted by Crippen LogP contribution is 2.32. The predicted octanol–water partition coefficient (Wildman–Crippen LogP) is 0.356. The molecule has 5 rings (SSSR count). The molecule has 1 fully saturated rings. The normalized spacial score (nSPS) is 20.4. The number of carbonyl (C=O) groups excluding carboxylic acids is 2. The molecule has 15 heteroatoms. The number of ether oxygens (including phenoxy) is 2. The van der Waals surface area contributed by atoms with Gasteiger partial charge in [0.15, 0.2) is 23.2 Å². The van der Waals surface area contributed by atoms with Gasteiger partial charge < -0.3 is 41.0 Å². The Morgan fingerprint density at radius 1 is 1.04 bits per heavy atom. The Balaban J connectivity index is 0.00000480. The zero-order valence-corrected chi connectivity index (χ0v) is 26.5. The molecule has 14 nitrogen and oxygen atoms in total. The standard InChI is InChI=1S/C31H38N8O6.ClH/c1-38(2)27-25-28(34-16-33-27)39(17-35-25)31-26(41)24(23(15-40)45-31)37-30(43)22(14-19-9-11-20(44-3)12-10-19)36-29(42)21(32)13-18-7-5-4-6-8-18;/h4-12,16-17,21-24,26,31,40-41H,13-15,32H2,1-3H3,(H,36,42)(H,37,43);1H/t21-,22-,23+,24+,26+,31+;/m0./s1. The smallest absolute Gasteiger partial charge is 0.243 e. The predicted molar refractivity (Wildman–Crippen MR) is 173 cm³/mol. The van der Waals surface area contributed by atoms with E-state index in [9.17, 15) is 19.8 Å². The van der Waals surface area contributed by atoms with Crippen molar-refractivity contribution in [2.75, 3.05) is 32.7 Å². The number of halogens is 1. The van der Waals surface area contributed by atoms with Crippen LogP contribution in [0.3, 0.4) is 0 Å². The first-order valence-electron chi connectivity index (χ1n) is 14.5. The zero-order valence-electron chi connectivity index (χ0n) is 25.7. The molecular formula is C31H39ClN8O6. The van der Waals surface area contributed by atoms with Gasteiger partial charge in [0.1, 0.15) is 30.3 Å². The second-order valence-electron chi connectivity index (χ2n) is 11.1. The number of anilines is 1. The van der Waals surface area contributed by atoms with Gasteiger partial charge in [-0.05, 0) is 29.7 Å². The molecule has 4 aromatic rings. The summed E-state index contributed by atoms with van der Waals surface area (Å²) < 4.78 is 12.8. The van der Waals surface area contributed by atoms with Crippen LogP contribution in [-0.4, -0.2) is 99.7 Å². The molecule has 1 saturated heterocycles. The summed E-state index contributed by atoms with van der Waals surface area (Å²) >= 11 is 0. The number of hydrogen-bond acceptors (Lipinski definition) is 11. The zero-order chi connectivity index (χ0) is 32.1. The molecule has 0 saturated carbocycles. The number of aromatic nitrogens is 4. The number of fused-ring (bicyclic) bond motifs is 1. The van der Waals surface area contributed by atoms with Crippen LogP contribution in [0.2, 0.25) is 0 Å². The van der Waals surface area contributed by atoms with Gasteiger partial charge in [-0.2, -0.15) is 0 Å². The van der Waals surface area contributed by atoms with Gasteiger partial charge in [0, 0.05) is 20.5 Å². The number of nitrogens with zero attached hydrogens (tertiary/aromatic N) is 5. The number of aliphatic hydroxyl groups is 2. The van der Waals surface area contributed by atoms with E-state index in [0.29, 0.717) is 22.7 Å². The third-order valence-corrected chi connectivity index (χ3v) is 7.77. The first-order valence-corrected chi connectivity index (χ1v) is 14.5. The second kappa shape index (κ2) is 15.3. The van der Waals surface area contributed by atoms with E-state index in [-0.39, 0.29) is 25.2 Å². The summed E-state index contributed by atoms with van der Waals surface area (Å²) in [4.78, 5) is 41.8. The van der Waals surface area contributed by atoms with Crippen LogP contribution in [0.1, 0.15) is 17.4 Å². The number of hydrogen-bond donors (Lipinski definition) is 5. The molecule has 6 N–H and O–H groups in total. The number of carbonyl (C=O) groups is 2. The Labute approximate surface area is 272 Å². The first kappa shape index (κ1) is 34.5. The summed E-state index contributed by atoms with van der Waals surface area (Å²) in [5, 5.41) is 27.1. The van der Waals surface area contributed by atoms with Gasteiger partial charge in [-0.25, -0.2) is 15.0 Å². The van der Waals surface area contributed by atoms with Crippen LogP contribution >= 0.6 is 12.4 Å². The number of amides is 2. The topological polar surface area (TPSA) is 190 Å². The molecule has 2 aromatic heterocycles. The quantitative estimate of drug-likeness (QED) is 0.142. The largest absolute Gasteiger partial charge is 0.497 e. The van der Waals surface area contributed by atoms with Crippen molar-refractivity contribution in [1.29, 1.82) is 0 Å². The maximum atomic E-state index is 13.8. The highest BCUT2D eigenvalue weighted by Gasteiger charge is 2.46. The van der Waals surface area contributed by atoms with Crippen molar-refractivity contribution in [1.82, 2.24) is 30.2 Å². The van der Waals surface area contributed by atoms with E-state index in [4.69, 9.17) is 15.2 Å². The molecular weight excluding hydrogens is 616 g/mol. The van der Waals surface area contributed by atoms with E-state index < -0.39 is 55.0 Å². The second-order valence-corrected chi connectivity index (χ2v) is 11.1. The monoisotopic (exact) mass is 654 g/mol. The molecule has 3 heterocycles. The fraction of sp³-hybridized carbons (Fsp3) is 0.387. The molecule has 0 spiro atoms. The van der Waals surface area contributed by atoms with Gasteiger partial charge in [-0.1, -0.05) is 42.5 Å². The minimum atomic E-state index is -1.29. The van der Waals surface area contributed by atoms with Crippen molar-refractivity contribution in [3.63, 3.8) is 0 Å². The number of nitrogens with one attached hydrogen (secondary N) is 2. The molecule has 0 radical (unpaired) electrons. The van der Waals surface area contributed by atoms with Gasteiger partial charge in [0.25, 0.3) is 0 Å². The lowest BCUT2D eigenvalue weighted by Gasteiger charge is -2.26. The molecule has 1 aliphatic rings. The van der Waals surface area contributed by atoms with Crippen LogP contribution in [-0.2, 0) is 27.2 Å². The highest BCUT2D eigenvalue weighted by molar-refractivity contribution is 5.90. The van der Waals surface area contributed by atoms with E-state index in [1.807, 2.05) is 44.4 Å². The summed E-state index contributed by atoms with van der Waals surface area (Å²) in [6.45, 7) is -0.486. The number of rotatable bonds is 12. The minimum absolute atomic E-state index is 0. The Morgan fingerprint density at radius 2 is 1.74 bits per heavy atom. The SMILES string of the molecule is COc1ccc(C[C@H](NC(=O)[C@@H](N)Cc2ccccc2)C(=O)N[C@H]2[C@@H](O)[C@H](n3cnc4c(N(C)C)ncnc43)O[C@@H]2CO)cc1.Cl. The van der Waals surface area contributed by atoms with Gasteiger partial charge in [-0.15, -0.1) is 12.4 Å². The molecule has 1 aliphatic heterocycles. The van der Waals surface area contributed by atoms with E-state index in [0.717, 1.165) is 11.1 Å². The maximum absolute atomic E-state index is 13.8. The van der Waals surface area contributed by atoms with Crippen molar-refractivity contribution < 1.29 is 29.3 Å². The first-order chi connectivity index (χ1) is 21.7. The van der Waals surface area contributed by atoms with E-state index >= 15 is 0 Å². The lowest BCUT2D eigenvalue weighted by atomic mass is 10.0. The van der Waals surface area contributed by atoms with Crippen LogP contribution in [0.4, 0.5) is 5.82 Å². The minimum Gasteiger partial charge on any atom is -0.497 e. The van der Waals surface area contributed by atoms with Gasteiger partial charge in [0.2, 0.25) is 11.8 Å². The Morgan fingerprint density at radius 3 is 2.39 bits per heavy atom. The van der Waals surface area contributed by atoms with Crippen LogP contribution in [0.25, 0.3) is 11.2 Å². The molecule has 0 bridgehead atoms. The van der Waals surface area contributed by atoms with Crippen molar-refractivity contribution in [2.24, 2.45) is 5.73 Å². The summed E-state index contributed by atoms with van der Waals surface area (Å²) in [5.41, 5.74) is 8.79. The molecule has 246 valence electrons. The van der Waals surface area contributed by atoms with Gasteiger partial charge >= 0.3 is 0 Å². The van der Waals surface area contributed by atoms with Gasteiger partial charge in [0.05, 0.1) is 32.1 Å². The maximum Gasteiger partial charge on any atom is 0.243 e. The lowest BCUT2D eigenvalue weighted by molar-refractivity contribution is -0.130. The Kier molecular flexibility index (Phi) is 11.5. The van der Waals surface area contributed by atoms with Crippen LogP contribution < -0.4 is 26.0 Å². The molecule has 0 aliphatic carbocycles. The summed E-state index contributed by atoms with van der Waals surface area (Å²) in [7, 11) is 5.20. The molecule has 46 heavy (non-hydrogen) atoms. The molecule has 6 atom stereocenters. The third-order valence-electron chi connectivity index (χ3n) is 7.77. The third kappa shape index (κ3) is 7.54. The number of aliphatic hydroxyl groups excluding tert-OH is 2.